The van der Waals surface area contributed by atoms with Crippen molar-refractivity contribution in [2.24, 2.45) is 0 Å². The summed E-state index contributed by atoms with van der Waals surface area (Å²) in [5, 5.41) is 47.6. The lowest BCUT2D eigenvalue weighted by Gasteiger charge is -2.16. The summed E-state index contributed by atoms with van der Waals surface area (Å²) in [7, 11) is 0. The molecule has 218 valence electrons. The molecular weight excluding hydrogens is 528 g/mol. The van der Waals surface area contributed by atoms with Crippen LogP contribution in [0, 0.1) is 0 Å². The molecule has 17 nitrogen and oxygen atoms in total. The van der Waals surface area contributed by atoms with Crippen LogP contribution in [-0.2, 0) is 25.7 Å². The smallest absolute Gasteiger partial charge is 0.408 e. The maximum Gasteiger partial charge on any atom is 0.408 e. The van der Waals surface area contributed by atoms with E-state index in [0.29, 0.717) is 0 Å². The molecule has 1 fully saturated rings. The third-order valence-electron chi connectivity index (χ3n) is 5.09. The fourth-order valence-corrected chi connectivity index (χ4v) is 3.16. The van der Waals surface area contributed by atoms with E-state index in [4.69, 9.17) is 30.5 Å². The number of rotatable bonds is 9. The van der Waals surface area contributed by atoms with Gasteiger partial charge in [0.25, 0.3) is 0 Å². The van der Waals surface area contributed by atoms with Gasteiger partial charge in [-0.25, -0.2) is 14.4 Å². The van der Waals surface area contributed by atoms with Crippen LogP contribution in [0.1, 0.15) is 24.6 Å². The summed E-state index contributed by atoms with van der Waals surface area (Å²) in [6, 6.07) is 8.98. The summed E-state index contributed by atoms with van der Waals surface area (Å²) in [5.41, 5.74) is 5.39. The molecule has 17 heteroatoms. The third-order valence-corrected chi connectivity index (χ3v) is 5.09. The Morgan fingerprint density at radius 2 is 1.74 bits per heavy atom. The first-order valence-corrected chi connectivity index (χ1v) is 10.9. The van der Waals surface area contributed by atoms with Gasteiger partial charge in [0.05, 0.1) is 6.61 Å². The number of nitrogens with zero attached hydrogens (tertiary/aromatic N) is 2. The summed E-state index contributed by atoms with van der Waals surface area (Å²) in [6.45, 7) is -0.441. The summed E-state index contributed by atoms with van der Waals surface area (Å²) < 4.78 is 11.0. The van der Waals surface area contributed by atoms with E-state index >= 15 is 0 Å². The topological polar surface area (TPSA) is 307 Å². The van der Waals surface area contributed by atoms with E-state index in [0.717, 1.165) is 10.1 Å². The largest absolute Gasteiger partial charge is 0.481 e. The zero-order valence-electron chi connectivity index (χ0n) is 20.4. The molecule has 0 saturated carbocycles. The van der Waals surface area contributed by atoms with Crippen molar-refractivity contribution in [3.63, 3.8) is 0 Å². The Balaban J connectivity index is 0.000000711. The highest BCUT2D eigenvalue weighted by molar-refractivity contribution is 5.80. The first kappa shape index (κ1) is 34.9. The molecule has 0 spiro atoms. The van der Waals surface area contributed by atoms with Gasteiger partial charge in [-0.15, -0.1) is 0 Å². The van der Waals surface area contributed by atoms with Crippen LogP contribution in [0.2, 0.25) is 0 Å². The number of carboxylic acid groups (broad SMARTS) is 2. The number of aliphatic hydroxyl groups excluding tert-OH is 3. The van der Waals surface area contributed by atoms with Gasteiger partial charge in [0.2, 0.25) is 0 Å². The zero-order chi connectivity index (χ0) is 27.5. The number of amides is 1. The Hall–Kier alpha value is -4.13. The second-order valence-electron chi connectivity index (χ2n) is 7.80. The number of hydrogen-bond acceptors (Lipinski definition) is 11. The number of alkyl carbamates (subject to hydrolysis) is 1. The molecule has 1 amide bonds. The van der Waals surface area contributed by atoms with Gasteiger partial charge in [0.15, 0.2) is 6.23 Å². The van der Waals surface area contributed by atoms with Crippen molar-refractivity contribution < 1.29 is 60.3 Å². The Morgan fingerprint density at radius 3 is 2.26 bits per heavy atom. The molecule has 39 heavy (non-hydrogen) atoms. The molecule has 12 N–H and O–H groups in total. The van der Waals surface area contributed by atoms with Crippen LogP contribution in [0.25, 0.3) is 0 Å². The second kappa shape index (κ2) is 16.7. The first-order valence-electron chi connectivity index (χ1n) is 10.9. The van der Waals surface area contributed by atoms with Gasteiger partial charge >= 0.3 is 23.7 Å². The van der Waals surface area contributed by atoms with Crippen molar-refractivity contribution in [1.29, 1.82) is 0 Å². The number of nitrogens with one attached hydrogen (secondary N) is 1. The SMILES string of the molecule is Nc1ccn(C2O[C@H](CO)[C@@H](O)[C@H]2O)c(=O)n1.O.O.O=C(O)CCC(NC(=O)OCc1ccccc1)C(=O)O. The predicted molar refractivity (Wildman–Crippen MR) is 131 cm³/mol. The lowest BCUT2D eigenvalue weighted by Crippen LogP contribution is -2.41. The van der Waals surface area contributed by atoms with E-state index in [-0.39, 0.29) is 36.2 Å². The highest BCUT2D eigenvalue weighted by Gasteiger charge is 2.43. The molecule has 3 rings (SSSR count). The summed E-state index contributed by atoms with van der Waals surface area (Å²) in [6.07, 6.45) is -4.72. The summed E-state index contributed by atoms with van der Waals surface area (Å²) in [4.78, 5) is 47.7. The highest BCUT2D eigenvalue weighted by atomic mass is 16.6. The molecule has 0 bridgehead atoms. The maximum absolute atomic E-state index is 11.5. The van der Waals surface area contributed by atoms with E-state index in [1.165, 1.54) is 12.3 Å². The quantitative estimate of drug-likeness (QED) is 0.161. The van der Waals surface area contributed by atoms with Crippen LogP contribution in [0.3, 0.4) is 0 Å². The molecule has 1 aliphatic heterocycles. The minimum absolute atomic E-state index is 0. The number of carbonyl (C=O) groups excluding carboxylic acids is 1. The zero-order valence-corrected chi connectivity index (χ0v) is 20.4. The highest BCUT2D eigenvalue weighted by Crippen LogP contribution is 2.27. The Kier molecular flexibility index (Phi) is 14.9. The van der Waals surface area contributed by atoms with Gasteiger partial charge in [-0.2, -0.15) is 4.98 Å². The van der Waals surface area contributed by atoms with Crippen molar-refractivity contribution in [3.05, 3.63) is 58.6 Å². The molecule has 1 saturated heterocycles. The van der Waals surface area contributed by atoms with Gasteiger partial charge in [-0.05, 0) is 18.1 Å². The minimum atomic E-state index is -1.31. The average molecular weight is 561 g/mol. The monoisotopic (exact) mass is 560 g/mol. The van der Waals surface area contributed by atoms with E-state index < -0.39 is 60.9 Å². The number of aliphatic carboxylic acids is 2. The van der Waals surface area contributed by atoms with Gasteiger partial charge in [-0.3, -0.25) is 9.36 Å². The third kappa shape index (κ3) is 10.6. The van der Waals surface area contributed by atoms with Crippen LogP contribution in [0.4, 0.5) is 10.6 Å². The van der Waals surface area contributed by atoms with Crippen LogP contribution in [-0.4, -0.2) is 95.0 Å². The van der Waals surface area contributed by atoms with Gasteiger partial charge in [0.1, 0.15) is 36.8 Å². The predicted octanol–water partition coefficient (Wildman–Crippen LogP) is -2.98. The second-order valence-corrected chi connectivity index (χ2v) is 7.80. The van der Waals surface area contributed by atoms with Crippen molar-refractivity contribution in [1.82, 2.24) is 14.9 Å². The van der Waals surface area contributed by atoms with Crippen LogP contribution in [0.5, 0.6) is 0 Å². The van der Waals surface area contributed by atoms with E-state index in [9.17, 15) is 29.4 Å². The number of anilines is 1. The van der Waals surface area contributed by atoms with Gasteiger partial charge in [-0.1, -0.05) is 30.3 Å². The van der Waals surface area contributed by atoms with E-state index in [1.54, 1.807) is 24.3 Å². The van der Waals surface area contributed by atoms with E-state index in [2.05, 4.69) is 10.3 Å². The number of aliphatic hydroxyl groups is 3. The molecule has 2 heterocycles. The fraction of sp³-hybridized carbons (Fsp3) is 0.409. The lowest BCUT2D eigenvalue weighted by atomic mass is 10.1. The molecule has 1 aliphatic rings. The van der Waals surface area contributed by atoms with E-state index in [1.807, 2.05) is 6.07 Å². The Labute approximate surface area is 220 Å². The maximum atomic E-state index is 11.5. The van der Waals surface area contributed by atoms with Crippen molar-refractivity contribution in [2.45, 2.75) is 50.0 Å². The standard InChI is InChI=1S/C13H15NO6.C9H13N3O5.2H2O/c15-11(16)7-6-10(12(17)18)14-13(19)20-8-9-4-2-1-3-5-9;10-5-1-2-12(9(16)11-5)8-7(15)6(14)4(3-13)17-8;;/h1-5,10H,6-8H2,(H,14,19)(H,15,16)(H,17,18);1-2,4,6-8,13-15H,3H2,(H2,10,11,16);2*1H2/t;4-,6-,7-,8?;;/m.1../s1. The molecule has 5 atom stereocenters. The van der Waals surface area contributed by atoms with Crippen molar-refractivity contribution in [3.8, 4) is 0 Å². The Bertz CT molecular complexity index is 1110. The number of hydrogen-bond donors (Lipinski definition) is 7. The van der Waals surface area contributed by atoms with Gasteiger partial charge in [0, 0.05) is 12.6 Å². The molecule has 2 unspecified atom stereocenters. The summed E-state index contributed by atoms with van der Waals surface area (Å²) >= 11 is 0. The number of carbonyl (C=O) groups is 3. The van der Waals surface area contributed by atoms with Gasteiger partial charge < -0.3 is 57.0 Å². The molecular formula is C22H32N4O13. The molecule has 0 aliphatic carbocycles. The number of nitrogens with two attached hydrogens (primary N) is 1. The number of aromatic nitrogens is 2. The summed E-state index contributed by atoms with van der Waals surface area (Å²) in [5.74, 6) is -2.38. The Morgan fingerprint density at radius 1 is 1.10 bits per heavy atom. The number of carboxylic acids is 2. The fourth-order valence-electron chi connectivity index (χ4n) is 3.16. The molecule has 1 aromatic carbocycles. The molecule has 1 aromatic heterocycles. The minimum Gasteiger partial charge on any atom is -0.481 e. The number of nitrogen functional groups attached to an aromatic ring is 1. The average Bonchev–Trinajstić information content (AvgIpc) is 3.14. The normalized spacial score (nSPS) is 20.2. The van der Waals surface area contributed by atoms with Crippen LogP contribution >= 0.6 is 0 Å². The first-order chi connectivity index (χ1) is 17.5. The van der Waals surface area contributed by atoms with Crippen molar-refractivity contribution in [2.75, 3.05) is 12.3 Å². The lowest BCUT2D eigenvalue weighted by molar-refractivity contribution is -0.140. The van der Waals surface area contributed by atoms with Crippen LogP contribution < -0.4 is 16.7 Å². The number of ether oxygens (including phenoxy) is 2. The number of benzene rings is 1. The molecule has 0 radical (unpaired) electrons. The molecule has 2 aromatic rings. The van der Waals surface area contributed by atoms with Crippen LogP contribution in [0.15, 0.2) is 47.4 Å². The van der Waals surface area contributed by atoms with Crippen molar-refractivity contribution >= 4 is 23.8 Å².